The molecule has 0 rings (SSSR count). The standard InChI is InChI=1S/C76H126O6/c1-4-7-10-13-16-19-22-25-28-31-33-34-35-36-37-38-39-40-41-42-43-46-48-51-54-57-60-63-66-69-75(78)81-72-73(71-80-74(77)68-65-62-59-56-53-50-47-44-30-27-24-21-18-15-12-9-6-3)82-76(79)70-67-64-61-58-55-52-49-45-32-29-26-23-20-17-14-11-8-5-2/h7,9-10,12,16,18-19,21,25,27-28,30,33-34,36-37,39-40,42-43,47,50,73H,4-6,8,11,13-15,17,20,22-24,26,29,31-32,35,38,41,44-46,48-49,51-72H2,1-3H3/b10-7-,12-9-,19-16-,21-18-,28-25-,30-27-,34-33-,37-36-,40-39-,43-42-,50-47-. The summed E-state index contributed by atoms with van der Waals surface area (Å²) in [7, 11) is 0. The number of hydrogen-bond acceptors (Lipinski definition) is 6. The van der Waals surface area contributed by atoms with Crippen molar-refractivity contribution in [3.8, 4) is 0 Å². The molecule has 466 valence electrons. The number of allylic oxidation sites excluding steroid dienone is 22. The molecule has 0 aliphatic carbocycles. The van der Waals surface area contributed by atoms with Gasteiger partial charge in [0.15, 0.2) is 6.10 Å². The summed E-state index contributed by atoms with van der Waals surface area (Å²) in [5, 5.41) is 0. The molecule has 0 spiro atoms. The van der Waals surface area contributed by atoms with E-state index in [1.165, 1.54) is 122 Å². The summed E-state index contributed by atoms with van der Waals surface area (Å²) in [6.07, 6.45) is 97.5. The minimum absolute atomic E-state index is 0.0931. The highest BCUT2D eigenvalue weighted by molar-refractivity contribution is 5.71. The smallest absolute Gasteiger partial charge is 0.306 e. The van der Waals surface area contributed by atoms with Crippen LogP contribution in [-0.4, -0.2) is 37.2 Å². The highest BCUT2D eigenvalue weighted by atomic mass is 16.6. The van der Waals surface area contributed by atoms with Crippen LogP contribution < -0.4 is 0 Å². The lowest BCUT2D eigenvalue weighted by Gasteiger charge is -2.18. The molecule has 82 heavy (non-hydrogen) atoms. The fourth-order valence-electron chi connectivity index (χ4n) is 9.36. The molecule has 1 atom stereocenters. The number of esters is 3. The number of hydrogen-bond donors (Lipinski definition) is 0. The van der Waals surface area contributed by atoms with Crippen LogP contribution in [0.4, 0.5) is 0 Å². The van der Waals surface area contributed by atoms with E-state index in [0.717, 1.165) is 148 Å². The van der Waals surface area contributed by atoms with Gasteiger partial charge in [0.1, 0.15) is 13.2 Å². The monoisotopic (exact) mass is 1130 g/mol. The van der Waals surface area contributed by atoms with Crippen LogP contribution in [0.5, 0.6) is 0 Å². The van der Waals surface area contributed by atoms with E-state index in [9.17, 15) is 14.4 Å². The number of rotatable bonds is 61. The Bertz CT molecular complexity index is 1730. The molecule has 0 amide bonds. The Kier molecular flexibility index (Phi) is 65.3. The Morgan fingerprint density at radius 3 is 0.744 bits per heavy atom. The summed E-state index contributed by atoms with van der Waals surface area (Å²) in [6, 6.07) is 0. The lowest BCUT2D eigenvalue weighted by Crippen LogP contribution is -2.30. The molecule has 0 radical (unpaired) electrons. The maximum absolute atomic E-state index is 12.9. The molecule has 0 aliphatic heterocycles. The van der Waals surface area contributed by atoms with E-state index in [1.807, 2.05) is 0 Å². The summed E-state index contributed by atoms with van der Waals surface area (Å²) >= 11 is 0. The summed E-state index contributed by atoms with van der Waals surface area (Å²) in [5.41, 5.74) is 0. The van der Waals surface area contributed by atoms with Gasteiger partial charge in [-0.15, -0.1) is 0 Å². The molecule has 0 aromatic heterocycles. The van der Waals surface area contributed by atoms with Crippen molar-refractivity contribution >= 4 is 17.9 Å². The zero-order chi connectivity index (χ0) is 59.2. The van der Waals surface area contributed by atoms with Crippen LogP contribution in [0.1, 0.15) is 310 Å². The average Bonchev–Trinajstić information content (AvgIpc) is 3.47. The van der Waals surface area contributed by atoms with Crippen molar-refractivity contribution in [1.29, 1.82) is 0 Å². The van der Waals surface area contributed by atoms with Crippen LogP contribution in [0.3, 0.4) is 0 Å². The normalized spacial score (nSPS) is 13.0. The molecule has 0 saturated carbocycles. The summed E-state index contributed by atoms with van der Waals surface area (Å²) in [4.78, 5) is 38.4. The van der Waals surface area contributed by atoms with Gasteiger partial charge in [-0.25, -0.2) is 0 Å². The zero-order valence-corrected chi connectivity index (χ0v) is 53.5. The second-order valence-corrected chi connectivity index (χ2v) is 22.3. The summed E-state index contributed by atoms with van der Waals surface area (Å²) < 4.78 is 16.9. The van der Waals surface area contributed by atoms with Gasteiger partial charge in [-0.2, -0.15) is 0 Å². The van der Waals surface area contributed by atoms with Gasteiger partial charge in [0.2, 0.25) is 0 Å². The van der Waals surface area contributed by atoms with Crippen LogP contribution in [0.15, 0.2) is 134 Å². The van der Waals surface area contributed by atoms with Crippen LogP contribution in [-0.2, 0) is 28.6 Å². The van der Waals surface area contributed by atoms with Gasteiger partial charge in [0.05, 0.1) is 0 Å². The SMILES string of the molecule is CC/C=C\C/C=C\C/C=C\C/C=C\C/C=C\C/C=C\C/C=C\CCCCCCCCCC(=O)OCC(COC(=O)CCCCCC/C=C\C/C=C\C/C=C\C/C=C\CC)OC(=O)CCCCCCCCCCCCCCCCCCCC. The molecule has 1 unspecified atom stereocenters. The van der Waals surface area contributed by atoms with Crippen molar-refractivity contribution in [1.82, 2.24) is 0 Å². The predicted molar refractivity (Wildman–Crippen MR) is 357 cm³/mol. The minimum atomic E-state index is -0.798. The van der Waals surface area contributed by atoms with E-state index in [1.54, 1.807) is 0 Å². The minimum Gasteiger partial charge on any atom is -0.462 e. The largest absolute Gasteiger partial charge is 0.462 e. The van der Waals surface area contributed by atoms with Crippen LogP contribution >= 0.6 is 0 Å². The van der Waals surface area contributed by atoms with E-state index in [4.69, 9.17) is 14.2 Å². The van der Waals surface area contributed by atoms with Crippen molar-refractivity contribution in [3.05, 3.63) is 134 Å². The first-order valence-corrected chi connectivity index (χ1v) is 34.2. The van der Waals surface area contributed by atoms with Crippen molar-refractivity contribution in [2.24, 2.45) is 0 Å². The molecule has 0 heterocycles. The molecule has 0 fully saturated rings. The summed E-state index contributed by atoms with van der Waals surface area (Å²) in [5.74, 6) is -0.918. The maximum Gasteiger partial charge on any atom is 0.306 e. The third-order valence-corrected chi connectivity index (χ3v) is 14.4. The van der Waals surface area contributed by atoms with E-state index in [-0.39, 0.29) is 31.1 Å². The van der Waals surface area contributed by atoms with Gasteiger partial charge in [-0.05, 0) is 116 Å². The molecular weight excluding hydrogens is 1010 g/mol. The second kappa shape index (κ2) is 69.0. The zero-order valence-electron chi connectivity index (χ0n) is 53.5. The average molecular weight is 1140 g/mol. The molecule has 0 aliphatic rings. The van der Waals surface area contributed by atoms with Gasteiger partial charge < -0.3 is 14.2 Å². The van der Waals surface area contributed by atoms with Crippen molar-refractivity contribution in [2.45, 2.75) is 316 Å². The molecule has 6 nitrogen and oxygen atoms in total. The quantitative estimate of drug-likeness (QED) is 0.0261. The molecule has 0 bridgehead atoms. The van der Waals surface area contributed by atoms with Gasteiger partial charge in [0.25, 0.3) is 0 Å². The van der Waals surface area contributed by atoms with Crippen LogP contribution in [0.2, 0.25) is 0 Å². The molecule has 0 aromatic rings. The number of carbonyl (C=O) groups excluding carboxylic acids is 3. The van der Waals surface area contributed by atoms with E-state index in [2.05, 4.69) is 154 Å². The molecule has 0 aromatic carbocycles. The van der Waals surface area contributed by atoms with Crippen LogP contribution in [0.25, 0.3) is 0 Å². The Morgan fingerprint density at radius 1 is 0.256 bits per heavy atom. The topological polar surface area (TPSA) is 78.9 Å². The highest BCUT2D eigenvalue weighted by Gasteiger charge is 2.19. The Labute approximate surface area is 506 Å². The van der Waals surface area contributed by atoms with E-state index < -0.39 is 6.10 Å². The third kappa shape index (κ3) is 66.4. The Balaban J connectivity index is 4.40. The second-order valence-electron chi connectivity index (χ2n) is 22.3. The summed E-state index contributed by atoms with van der Waals surface area (Å²) in [6.45, 7) is 6.41. The number of unbranched alkanes of at least 4 members (excludes halogenated alkanes) is 28. The molecule has 0 saturated heterocycles. The van der Waals surface area contributed by atoms with Gasteiger partial charge in [-0.3, -0.25) is 14.4 Å². The first kappa shape index (κ1) is 77.5. The first-order valence-electron chi connectivity index (χ1n) is 34.2. The highest BCUT2D eigenvalue weighted by Crippen LogP contribution is 2.17. The third-order valence-electron chi connectivity index (χ3n) is 14.4. The van der Waals surface area contributed by atoms with Crippen molar-refractivity contribution < 1.29 is 28.6 Å². The van der Waals surface area contributed by atoms with E-state index in [0.29, 0.717) is 19.3 Å². The van der Waals surface area contributed by atoms with Gasteiger partial charge >= 0.3 is 17.9 Å². The van der Waals surface area contributed by atoms with Crippen LogP contribution in [0, 0.1) is 0 Å². The molecule has 0 N–H and O–H groups in total. The maximum atomic E-state index is 12.9. The predicted octanol–water partition coefficient (Wildman–Crippen LogP) is 23.7. The van der Waals surface area contributed by atoms with E-state index >= 15 is 0 Å². The lowest BCUT2D eigenvalue weighted by atomic mass is 10.0. The lowest BCUT2D eigenvalue weighted by molar-refractivity contribution is -0.167. The van der Waals surface area contributed by atoms with Crippen molar-refractivity contribution in [3.63, 3.8) is 0 Å². The Hall–Kier alpha value is -4.45. The number of ether oxygens (including phenoxy) is 3. The number of carbonyl (C=O) groups is 3. The Morgan fingerprint density at radius 2 is 0.476 bits per heavy atom. The molecular formula is C76H126O6. The fourth-order valence-corrected chi connectivity index (χ4v) is 9.36. The van der Waals surface area contributed by atoms with Gasteiger partial charge in [0, 0.05) is 19.3 Å². The first-order chi connectivity index (χ1) is 40.5. The molecule has 6 heteroatoms. The fraction of sp³-hybridized carbons (Fsp3) is 0.671. The van der Waals surface area contributed by atoms with Gasteiger partial charge in [-0.1, -0.05) is 309 Å². The van der Waals surface area contributed by atoms with Crippen molar-refractivity contribution in [2.75, 3.05) is 13.2 Å².